The zero-order valence-corrected chi connectivity index (χ0v) is 20.8. The number of ether oxygens (including phenoxy) is 3. The summed E-state index contributed by atoms with van der Waals surface area (Å²) in [6.07, 6.45) is 0. The van der Waals surface area contributed by atoms with E-state index >= 15 is 0 Å². The fourth-order valence-corrected chi connectivity index (χ4v) is 4.33. The van der Waals surface area contributed by atoms with Gasteiger partial charge in [-0.25, -0.2) is 0 Å². The van der Waals surface area contributed by atoms with Gasteiger partial charge in [0, 0.05) is 44.4 Å². The third kappa shape index (κ3) is 6.88. The summed E-state index contributed by atoms with van der Waals surface area (Å²) in [5.74, 6) is 0.783. The summed E-state index contributed by atoms with van der Waals surface area (Å²) in [4.78, 5) is 9.06. The zero-order valence-electron chi connectivity index (χ0n) is 19.3. The van der Waals surface area contributed by atoms with Crippen molar-refractivity contribution in [3.8, 4) is 11.3 Å². The van der Waals surface area contributed by atoms with E-state index in [4.69, 9.17) is 43.1 Å². The number of benzene rings is 1. The number of anilines is 2. The summed E-state index contributed by atoms with van der Waals surface area (Å²) in [6.45, 7) is 9.75. The standard InChI is InChI=1S/C22H32Cl2N6O3/c1-15-13-29(14-16(2)30(15)7-8-32-11-12-33-10-9-31-3)22-26-21(25)20(27-28-22)17-5-4-6-18(23)19(17)24/h4-6,15-16H,7-14H2,1-3H3,(H2,25,26,28). The number of aromatic nitrogens is 3. The molecular formula is C22H32Cl2N6O3. The molecule has 2 unspecified atom stereocenters. The highest BCUT2D eigenvalue weighted by molar-refractivity contribution is 6.43. The van der Waals surface area contributed by atoms with Gasteiger partial charge in [-0.3, -0.25) is 4.90 Å². The Morgan fingerprint density at radius 2 is 1.67 bits per heavy atom. The van der Waals surface area contributed by atoms with Crippen LogP contribution in [0.2, 0.25) is 10.0 Å². The van der Waals surface area contributed by atoms with Crippen molar-refractivity contribution in [3.63, 3.8) is 0 Å². The number of piperazine rings is 1. The summed E-state index contributed by atoms with van der Waals surface area (Å²) in [5, 5.41) is 9.47. The summed E-state index contributed by atoms with van der Waals surface area (Å²) in [6, 6.07) is 5.89. The molecule has 0 amide bonds. The lowest BCUT2D eigenvalue weighted by atomic mass is 10.1. The number of nitrogens with two attached hydrogens (primary N) is 1. The lowest BCUT2D eigenvalue weighted by Crippen LogP contribution is -2.57. The van der Waals surface area contributed by atoms with Crippen molar-refractivity contribution < 1.29 is 14.2 Å². The third-order valence-corrected chi connectivity index (χ3v) is 6.41. The molecule has 0 spiro atoms. The van der Waals surface area contributed by atoms with E-state index in [0.717, 1.165) is 19.6 Å². The largest absolute Gasteiger partial charge is 0.382 e. The maximum absolute atomic E-state index is 6.31. The van der Waals surface area contributed by atoms with Crippen molar-refractivity contribution in [1.82, 2.24) is 20.1 Å². The smallest absolute Gasteiger partial charge is 0.247 e. The van der Waals surface area contributed by atoms with E-state index < -0.39 is 0 Å². The molecular weight excluding hydrogens is 467 g/mol. The van der Waals surface area contributed by atoms with Crippen LogP contribution in [0.3, 0.4) is 0 Å². The number of methoxy groups -OCH3 is 1. The number of hydrogen-bond acceptors (Lipinski definition) is 9. The molecule has 1 aliphatic heterocycles. The second-order valence-corrected chi connectivity index (χ2v) is 8.79. The van der Waals surface area contributed by atoms with Gasteiger partial charge in [-0.15, -0.1) is 10.2 Å². The number of nitrogen functional groups attached to an aromatic ring is 1. The van der Waals surface area contributed by atoms with Gasteiger partial charge in [0.05, 0.1) is 43.1 Å². The van der Waals surface area contributed by atoms with Crippen LogP contribution in [0.4, 0.5) is 11.8 Å². The minimum absolute atomic E-state index is 0.271. The normalized spacial score (nSPS) is 19.2. The van der Waals surface area contributed by atoms with Crippen LogP contribution in [0.5, 0.6) is 0 Å². The first-order valence-corrected chi connectivity index (χ1v) is 11.8. The van der Waals surface area contributed by atoms with Crippen molar-refractivity contribution in [2.75, 3.05) is 70.4 Å². The van der Waals surface area contributed by atoms with Gasteiger partial charge < -0.3 is 24.8 Å². The highest BCUT2D eigenvalue weighted by Gasteiger charge is 2.31. The van der Waals surface area contributed by atoms with Gasteiger partial charge in [-0.05, 0) is 19.9 Å². The average Bonchev–Trinajstić information content (AvgIpc) is 2.79. The van der Waals surface area contributed by atoms with E-state index in [-0.39, 0.29) is 5.82 Å². The van der Waals surface area contributed by atoms with Crippen molar-refractivity contribution in [2.45, 2.75) is 25.9 Å². The minimum atomic E-state index is 0.271. The topological polar surface area (TPSA) is 98.9 Å². The molecule has 0 bridgehead atoms. The molecule has 2 heterocycles. The molecule has 0 radical (unpaired) electrons. The Morgan fingerprint density at radius 1 is 1.00 bits per heavy atom. The second kappa shape index (κ2) is 12.6. The van der Waals surface area contributed by atoms with Crippen molar-refractivity contribution in [2.24, 2.45) is 0 Å². The summed E-state index contributed by atoms with van der Waals surface area (Å²) in [5.41, 5.74) is 7.26. The van der Waals surface area contributed by atoms with Crippen LogP contribution in [-0.4, -0.2) is 91.9 Å². The lowest BCUT2D eigenvalue weighted by Gasteiger charge is -2.44. The Labute approximate surface area is 205 Å². The Balaban J connectivity index is 1.54. The van der Waals surface area contributed by atoms with Crippen LogP contribution < -0.4 is 10.6 Å². The molecule has 33 heavy (non-hydrogen) atoms. The SMILES string of the molecule is COCCOCCOCCN1C(C)CN(c2nnc(-c3cccc(Cl)c3Cl)c(N)n2)CC1C. The Bertz CT molecular complexity index is 894. The first-order valence-electron chi connectivity index (χ1n) is 11.0. The lowest BCUT2D eigenvalue weighted by molar-refractivity contribution is 0.0114. The summed E-state index contributed by atoms with van der Waals surface area (Å²) >= 11 is 12.4. The maximum atomic E-state index is 6.31. The number of hydrogen-bond donors (Lipinski definition) is 1. The molecule has 182 valence electrons. The van der Waals surface area contributed by atoms with Crippen LogP contribution >= 0.6 is 23.2 Å². The highest BCUT2D eigenvalue weighted by atomic mass is 35.5. The Hall–Kier alpha value is -1.75. The predicted molar refractivity (Wildman–Crippen MR) is 131 cm³/mol. The van der Waals surface area contributed by atoms with E-state index in [2.05, 4.69) is 38.8 Å². The molecule has 2 aromatic rings. The van der Waals surface area contributed by atoms with Crippen LogP contribution in [0.25, 0.3) is 11.3 Å². The monoisotopic (exact) mass is 498 g/mol. The van der Waals surface area contributed by atoms with Gasteiger partial charge in [-0.1, -0.05) is 35.3 Å². The van der Waals surface area contributed by atoms with Crippen LogP contribution in [0, 0.1) is 0 Å². The van der Waals surface area contributed by atoms with E-state index in [1.54, 1.807) is 25.3 Å². The maximum Gasteiger partial charge on any atom is 0.247 e. The molecule has 0 saturated carbocycles. The molecule has 2 atom stereocenters. The quantitative estimate of drug-likeness (QED) is 0.468. The van der Waals surface area contributed by atoms with Gasteiger partial charge in [0.2, 0.25) is 5.95 Å². The molecule has 9 nitrogen and oxygen atoms in total. The van der Waals surface area contributed by atoms with Gasteiger partial charge in [0.25, 0.3) is 0 Å². The van der Waals surface area contributed by atoms with Gasteiger partial charge >= 0.3 is 0 Å². The molecule has 2 N–H and O–H groups in total. The number of rotatable bonds is 11. The molecule has 1 saturated heterocycles. The zero-order chi connectivity index (χ0) is 23.8. The van der Waals surface area contributed by atoms with E-state index in [1.807, 2.05) is 0 Å². The molecule has 1 aliphatic rings. The Morgan fingerprint density at radius 3 is 2.33 bits per heavy atom. The number of halogens is 2. The van der Waals surface area contributed by atoms with E-state index in [9.17, 15) is 0 Å². The molecule has 1 aromatic heterocycles. The second-order valence-electron chi connectivity index (χ2n) is 8.01. The average molecular weight is 499 g/mol. The highest BCUT2D eigenvalue weighted by Crippen LogP contribution is 2.34. The molecule has 1 aromatic carbocycles. The van der Waals surface area contributed by atoms with Gasteiger partial charge in [0.15, 0.2) is 5.82 Å². The number of nitrogens with zero attached hydrogens (tertiary/aromatic N) is 5. The summed E-state index contributed by atoms with van der Waals surface area (Å²) in [7, 11) is 1.66. The van der Waals surface area contributed by atoms with Crippen molar-refractivity contribution in [1.29, 1.82) is 0 Å². The minimum Gasteiger partial charge on any atom is -0.382 e. The first kappa shape index (κ1) is 25.9. The molecule has 3 rings (SSSR count). The molecule has 1 fully saturated rings. The predicted octanol–water partition coefficient (Wildman–Crippen LogP) is 3.01. The molecule has 11 heteroatoms. The fourth-order valence-electron chi connectivity index (χ4n) is 3.94. The molecule has 0 aliphatic carbocycles. The van der Waals surface area contributed by atoms with Crippen LogP contribution in [-0.2, 0) is 14.2 Å². The fraction of sp³-hybridized carbons (Fsp3) is 0.591. The van der Waals surface area contributed by atoms with E-state index in [1.165, 1.54) is 0 Å². The summed E-state index contributed by atoms with van der Waals surface area (Å²) < 4.78 is 16.1. The van der Waals surface area contributed by atoms with Gasteiger partial charge in [-0.2, -0.15) is 4.98 Å². The van der Waals surface area contributed by atoms with Crippen molar-refractivity contribution in [3.05, 3.63) is 28.2 Å². The third-order valence-electron chi connectivity index (χ3n) is 5.59. The van der Waals surface area contributed by atoms with Crippen LogP contribution in [0.1, 0.15) is 13.8 Å². The first-order chi connectivity index (χ1) is 15.9. The Kier molecular flexibility index (Phi) is 9.91. The van der Waals surface area contributed by atoms with Crippen LogP contribution in [0.15, 0.2) is 18.2 Å². The van der Waals surface area contributed by atoms with E-state index in [0.29, 0.717) is 72.4 Å². The van der Waals surface area contributed by atoms with Crippen molar-refractivity contribution >= 4 is 35.0 Å². The van der Waals surface area contributed by atoms with Gasteiger partial charge in [0.1, 0.15) is 5.69 Å².